The van der Waals surface area contributed by atoms with Crippen molar-refractivity contribution in [3.63, 3.8) is 0 Å². The molecule has 0 bridgehead atoms. The Morgan fingerprint density at radius 2 is 1.45 bits per heavy atom. The van der Waals surface area contributed by atoms with E-state index in [-0.39, 0.29) is 5.78 Å². The topological polar surface area (TPSA) is 44.8 Å². The van der Waals surface area contributed by atoms with Gasteiger partial charge in [-0.15, -0.1) is 0 Å². The lowest BCUT2D eigenvalue weighted by Gasteiger charge is -2.17. The Bertz CT molecular complexity index is 837. The first-order valence-electron chi connectivity index (χ1n) is 11.5. The zero-order valence-electron chi connectivity index (χ0n) is 19.4. The Labute approximate surface area is 187 Å². The summed E-state index contributed by atoms with van der Waals surface area (Å²) in [7, 11) is 0. The van der Waals surface area contributed by atoms with Gasteiger partial charge in [-0.2, -0.15) is 0 Å². The lowest BCUT2D eigenvalue weighted by molar-refractivity contribution is 0.104. The second-order valence-electron chi connectivity index (χ2n) is 7.52. The number of allylic oxidation sites excluding steroid dienone is 1. The van der Waals surface area contributed by atoms with Crippen molar-refractivity contribution in [2.75, 3.05) is 19.8 Å². The van der Waals surface area contributed by atoms with Gasteiger partial charge in [0.1, 0.15) is 5.75 Å². The zero-order chi connectivity index (χ0) is 22.5. The molecule has 0 radical (unpaired) electrons. The van der Waals surface area contributed by atoms with Crippen LogP contribution in [0.5, 0.6) is 17.2 Å². The minimum Gasteiger partial charge on any atom is -0.494 e. The number of carbonyl (C=O) groups excluding carboxylic acids is 1. The summed E-state index contributed by atoms with van der Waals surface area (Å²) >= 11 is 0. The van der Waals surface area contributed by atoms with Crippen molar-refractivity contribution in [2.24, 2.45) is 0 Å². The molecule has 0 fully saturated rings. The molecular formula is C27H36O4. The molecule has 0 aliphatic heterocycles. The maximum Gasteiger partial charge on any atom is 0.185 e. The summed E-state index contributed by atoms with van der Waals surface area (Å²) < 4.78 is 17.6. The summed E-state index contributed by atoms with van der Waals surface area (Å²) in [4.78, 5) is 12.6. The SMILES string of the molecule is CCCOc1ccc(C(=O)/C=C/c2cc(CCC)c(OCCC)c(OCCC)c2)cc1. The maximum atomic E-state index is 12.6. The summed E-state index contributed by atoms with van der Waals surface area (Å²) in [6, 6.07) is 11.3. The Morgan fingerprint density at radius 1 is 0.806 bits per heavy atom. The van der Waals surface area contributed by atoms with Gasteiger partial charge >= 0.3 is 0 Å². The molecule has 0 aliphatic rings. The molecule has 0 saturated carbocycles. The number of benzene rings is 2. The van der Waals surface area contributed by atoms with Crippen LogP contribution in [-0.2, 0) is 6.42 Å². The first-order valence-corrected chi connectivity index (χ1v) is 11.5. The van der Waals surface area contributed by atoms with E-state index in [4.69, 9.17) is 14.2 Å². The van der Waals surface area contributed by atoms with Crippen molar-refractivity contribution in [1.82, 2.24) is 0 Å². The molecule has 0 saturated heterocycles. The molecule has 0 spiro atoms. The highest BCUT2D eigenvalue weighted by Gasteiger charge is 2.13. The third-order valence-electron chi connectivity index (χ3n) is 4.62. The molecule has 0 unspecified atom stereocenters. The number of ether oxygens (including phenoxy) is 3. The lowest BCUT2D eigenvalue weighted by Crippen LogP contribution is -2.05. The van der Waals surface area contributed by atoms with Gasteiger partial charge in [-0.1, -0.05) is 40.2 Å². The van der Waals surface area contributed by atoms with Crippen LogP contribution < -0.4 is 14.2 Å². The number of ketones is 1. The Kier molecular flexibility index (Phi) is 10.7. The van der Waals surface area contributed by atoms with Crippen LogP contribution in [0.25, 0.3) is 6.08 Å². The Morgan fingerprint density at radius 3 is 2.10 bits per heavy atom. The summed E-state index contributed by atoms with van der Waals surface area (Å²) in [5.41, 5.74) is 2.70. The average molecular weight is 425 g/mol. The number of hydrogen-bond acceptors (Lipinski definition) is 4. The molecule has 2 aromatic rings. The van der Waals surface area contributed by atoms with Gasteiger partial charge in [0.2, 0.25) is 0 Å². The summed E-state index contributed by atoms with van der Waals surface area (Å²) in [5.74, 6) is 2.34. The van der Waals surface area contributed by atoms with Crippen LogP contribution in [-0.4, -0.2) is 25.6 Å². The smallest absolute Gasteiger partial charge is 0.185 e. The second-order valence-corrected chi connectivity index (χ2v) is 7.52. The first-order chi connectivity index (χ1) is 15.1. The van der Waals surface area contributed by atoms with Gasteiger partial charge in [-0.3, -0.25) is 4.79 Å². The molecule has 0 atom stereocenters. The van der Waals surface area contributed by atoms with Crippen molar-refractivity contribution in [2.45, 2.75) is 59.8 Å². The quantitative estimate of drug-likeness (QED) is 0.244. The molecule has 0 aliphatic carbocycles. The number of carbonyl (C=O) groups is 1. The van der Waals surface area contributed by atoms with Crippen LogP contribution in [0.15, 0.2) is 42.5 Å². The van der Waals surface area contributed by atoms with E-state index in [1.807, 2.05) is 24.3 Å². The molecule has 2 aromatic carbocycles. The molecule has 0 heterocycles. The summed E-state index contributed by atoms with van der Waals surface area (Å²) in [5, 5.41) is 0. The maximum absolute atomic E-state index is 12.6. The minimum atomic E-state index is -0.0404. The molecule has 0 aromatic heterocycles. The highest BCUT2D eigenvalue weighted by atomic mass is 16.5. The van der Waals surface area contributed by atoms with E-state index in [2.05, 4.69) is 33.8 Å². The van der Waals surface area contributed by atoms with Gasteiger partial charge < -0.3 is 14.2 Å². The number of aryl methyl sites for hydroxylation is 1. The molecule has 4 nitrogen and oxygen atoms in total. The van der Waals surface area contributed by atoms with Crippen LogP contribution >= 0.6 is 0 Å². The van der Waals surface area contributed by atoms with E-state index >= 15 is 0 Å². The highest BCUT2D eigenvalue weighted by molar-refractivity contribution is 6.06. The Balaban J connectivity index is 2.24. The van der Waals surface area contributed by atoms with Crippen LogP contribution in [0.2, 0.25) is 0 Å². The zero-order valence-corrected chi connectivity index (χ0v) is 19.4. The second kappa shape index (κ2) is 13.5. The van der Waals surface area contributed by atoms with Crippen molar-refractivity contribution in [1.29, 1.82) is 0 Å². The van der Waals surface area contributed by atoms with Gasteiger partial charge in [0, 0.05) is 5.56 Å². The van der Waals surface area contributed by atoms with Crippen molar-refractivity contribution in [3.05, 3.63) is 59.2 Å². The van der Waals surface area contributed by atoms with Crippen LogP contribution in [0.4, 0.5) is 0 Å². The van der Waals surface area contributed by atoms with Gasteiger partial charge in [0.15, 0.2) is 17.3 Å². The third-order valence-corrected chi connectivity index (χ3v) is 4.62. The van der Waals surface area contributed by atoms with E-state index in [9.17, 15) is 4.79 Å². The van der Waals surface area contributed by atoms with Gasteiger partial charge in [-0.05, 0) is 79.3 Å². The molecule has 168 valence electrons. The molecule has 0 amide bonds. The standard InChI is InChI=1S/C27H36O4/c1-5-9-23-19-21(20-26(30-17-7-3)27(23)31-18-8-4)10-15-25(28)22-11-13-24(14-12-22)29-16-6-2/h10-15,19-20H,5-9,16-18H2,1-4H3/b15-10+. The number of hydrogen-bond donors (Lipinski definition) is 0. The monoisotopic (exact) mass is 424 g/mol. The lowest BCUT2D eigenvalue weighted by atomic mass is 10.0. The fourth-order valence-electron chi connectivity index (χ4n) is 3.13. The summed E-state index contributed by atoms with van der Waals surface area (Å²) in [6.07, 6.45) is 8.19. The van der Waals surface area contributed by atoms with E-state index in [0.29, 0.717) is 25.4 Å². The molecular weight excluding hydrogens is 388 g/mol. The van der Waals surface area contributed by atoms with Gasteiger partial charge in [0.05, 0.1) is 19.8 Å². The number of rotatable bonds is 14. The van der Waals surface area contributed by atoms with Crippen molar-refractivity contribution >= 4 is 11.9 Å². The fourth-order valence-corrected chi connectivity index (χ4v) is 3.13. The fraction of sp³-hybridized carbons (Fsp3) is 0.444. The molecule has 0 N–H and O–H groups in total. The summed E-state index contributed by atoms with van der Waals surface area (Å²) in [6.45, 7) is 10.4. The first kappa shape index (κ1) is 24.5. The highest BCUT2D eigenvalue weighted by Crippen LogP contribution is 2.35. The molecule has 4 heteroatoms. The van der Waals surface area contributed by atoms with E-state index in [0.717, 1.165) is 60.5 Å². The van der Waals surface area contributed by atoms with Crippen LogP contribution in [0, 0.1) is 0 Å². The normalized spacial score (nSPS) is 11.0. The van der Waals surface area contributed by atoms with Crippen molar-refractivity contribution < 1.29 is 19.0 Å². The molecule has 2 rings (SSSR count). The predicted octanol–water partition coefficient (Wildman–Crippen LogP) is 6.90. The predicted molar refractivity (Wildman–Crippen MR) is 128 cm³/mol. The Hall–Kier alpha value is -2.75. The van der Waals surface area contributed by atoms with Crippen LogP contribution in [0.3, 0.4) is 0 Å². The third kappa shape index (κ3) is 7.78. The molecule has 31 heavy (non-hydrogen) atoms. The van der Waals surface area contributed by atoms with Crippen molar-refractivity contribution in [3.8, 4) is 17.2 Å². The van der Waals surface area contributed by atoms with E-state index in [1.54, 1.807) is 18.2 Å². The van der Waals surface area contributed by atoms with Crippen LogP contribution in [0.1, 0.15) is 74.9 Å². The minimum absolute atomic E-state index is 0.0404. The van der Waals surface area contributed by atoms with E-state index in [1.165, 1.54) is 0 Å². The largest absolute Gasteiger partial charge is 0.494 e. The van der Waals surface area contributed by atoms with Gasteiger partial charge in [0.25, 0.3) is 0 Å². The van der Waals surface area contributed by atoms with Gasteiger partial charge in [-0.25, -0.2) is 0 Å². The average Bonchev–Trinajstić information content (AvgIpc) is 2.79. The van der Waals surface area contributed by atoms with E-state index < -0.39 is 0 Å².